The SMILES string of the molecule is C=CCC(NC(=O)OC(C)(C)C)c1cn(COCC[Si](C)(C)C)cn1. The van der Waals surface area contributed by atoms with Crippen LogP contribution in [0.15, 0.2) is 25.2 Å². The van der Waals surface area contributed by atoms with E-state index in [1.54, 1.807) is 12.4 Å². The van der Waals surface area contributed by atoms with Crippen molar-refractivity contribution in [3.05, 3.63) is 30.9 Å². The van der Waals surface area contributed by atoms with Gasteiger partial charge in [0.05, 0.1) is 18.1 Å². The molecule has 142 valence electrons. The Morgan fingerprint density at radius 2 is 2.12 bits per heavy atom. The zero-order valence-corrected chi connectivity index (χ0v) is 17.5. The van der Waals surface area contributed by atoms with Crippen LogP contribution in [-0.4, -0.2) is 35.9 Å². The van der Waals surface area contributed by atoms with Crippen molar-refractivity contribution in [2.75, 3.05) is 6.61 Å². The molecule has 0 aromatic carbocycles. The van der Waals surface area contributed by atoms with Crippen molar-refractivity contribution in [2.45, 2.75) is 71.3 Å². The number of hydrogen-bond acceptors (Lipinski definition) is 4. The third kappa shape index (κ3) is 9.45. The molecule has 0 aliphatic rings. The third-order valence-electron chi connectivity index (χ3n) is 3.34. The van der Waals surface area contributed by atoms with E-state index in [0.29, 0.717) is 13.2 Å². The van der Waals surface area contributed by atoms with Crippen molar-refractivity contribution >= 4 is 14.2 Å². The van der Waals surface area contributed by atoms with E-state index in [0.717, 1.165) is 18.3 Å². The van der Waals surface area contributed by atoms with Crippen LogP contribution in [0.3, 0.4) is 0 Å². The summed E-state index contributed by atoms with van der Waals surface area (Å²) in [5.41, 5.74) is 0.228. The van der Waals surface area contributed by atoms with Crippen LogP contribution >= 0.6 is 0 Å². The van der Waals surface area contributed by atoms with Crippen molar-refractivity contribution < 1.29 is 14.3 Å². The van der Waals surface area contributed by atoms with Gasteiger partial charge in [-0.05, 0) is 33.2 Å². The van der Waals surface area contributed by atoms with Gasteiger partial charge in [0.1, 0.15) is 12.3 Å². The van der Waals surface area contributed by atoms with E-state index in [-0.39, 0.29) is 6.04 Å². The highest BCUT2D eigenvalue weighted by molar-refractivity contribution is 6.76. The smallest absolute Gasteiger partial charge is 0.408 e. The van der Waals surface area contributed by atoms with Crippen molar-refractivity contribution in [3.63, 3.8) is 0 Å². The van der Waals surface area contributed by atoms with Gasteiger partial charge in [0, 0.05) is 20.9 Å². The fraction of sp³-hybridized carbons (Fsp3) is 0.667. The molecule has 1 aromatic rings. The Bertz CT molecular complexity index is 559. The minimum Gasteiger partial charge on any atom is -0.444 e. The second kappa shape index (κ2) is 9.19. The molecule has 0 aliphatic carbocycles. The van der Waals surface area contributed by atoms with E-state index in [2.05, 4.69) is 36.5 Å². The summed E-state index contributed by atoms with van der Waals surface area (Å²) in [6, 6.07) is 0.865. The lowest BCUT2D eigenvalue weighted by Crippen LogP contribution is -2.35. The van der Waals surface area contributed by atoms with E-state index in [1.807, 2.05) is 31.5 Å². The lowest BCUT2D eigenvalue weighted by Gasteiger charge is -2.22. The predicted molar refractivity (Wildman–Crippen MR) is 103 cm³/mol. The number of amides is 1. The highest BCUT2D eigenvalue weighted by Crippen LogP contribution is 2.17. The quantitative estimate of drug-likeness (QED) is 0.401. The fourth-order valence-electron chi connectivity index (χ4n) is 2.05. The normalized spacial score (nSPS) is 13.4. The van der Waals surface area contributed by atoms with Crippen LogP contribution in [0.5, 0.6) is 0 Å². The summed E-state index contributed by atoms with van der Waals surface area (Å²) in [5, 5.41) is 2.85. The van der Waals surface area contributed by atoms with E-state index < -0.39 is 19.8 Å². The van der Waals surface area contributed by atoms with Gasteiger partial charge in [0.25, 0.3) is 0 Å². The standard InChI is InChI=1S/C18H33N3O3Si/c1-8-9-15(20-17(22)24-18(2,3)4)16-12-21(13-19-16)14-23-10-11-25(5,6)7/h8,12-13,15H,1,9-11,14H2,2-7H3,(H,20,22). The molecule has 25 heavy (non-hydrogen) atoms. The molecule has 1 atom stereocenters. The van der Waals surface area contributed by atoms with Gasteiger partial charge < -0.3 is 19.4 Å². The number of alkyl carbamates (subject to hydrolysis) is 1. The van der Waals surface area contributed by atoms with Gasteiger partial charge in [-0.15, -0.1) is 6.58 Å². The molecule has 7 heteroatoms. The fourth-order valence-corrected chi connectivity index (χ4v) is 2.80. The first-order valence-corrected chi connectivity index (χ1v) is 12.4. The van der Waals surface area contributed by atoms with Crippen LogP contribution in [0.25, 0.3) is 0 Å². The molecule has 6 nitrogen and oxygen atoms in total. The third-order valence-corrected chi connectivity index (χ3v) is 5.04. The minimum atomic E-state index is -1.08. The Labute approximate surface area is 152 Å². The Balaban J connectivity index is 2.59. The lowest BCUT2D eigenvalue weighted by atomic mass is 10.1. The summed E-state index contributed by atoms with van der Waals surface area (Å²) in [4.78, 5) is 16.4. The molecule has 0 bridgehead atoms. The van der Waals surface area contributed by atoms with Crippen LogP contribution in [0.2, 0.25) is 25.7 Å². The molecule has 1 unspecified atom stereocenters. The highest BCUT2D eigenvalue weighted by Gasteiger charge is 2.21. The number of ether oxygens (including phenoxy) is 2. The zero-order chi connectivity index (χ0) is 19.1. The molecule has 0 aliphatic heterocycles. The van der Waals surface area contributed by atoms with Gasteiger partial charge >= 0.3 is 6.09 Å². The molecular formula is C18H33N3O3Si. The zero-order valence-electron chi connectivity index (χ0n) is 16.5. The molecular weight excluding hydrogens is 334 g/mol. The maximum absolute atomic E-state index is 12.0. The minimum absolute atomic E-state index is 0.268. The molecule has 1 aromatic heterocycles. The van der Waals surface area contributed by atoms with Crippen molar-refractivity contribution in [2.24, 2.45) is 0 Å². The molecule has 0 saturated heterocycles. The molecule has 1 rings (SSSR count). The van der Waals surface area contributed by atoms with Gasteiger partial charge in [0.15, 0.2) is 0 Å². The number of aromatic nitrogens is 2. The number of carbonyl (C=O) groups excluding carboxylic acids is 1. The number of nitrogens with zero attached hydrogens (tertiary/aromatic N) is 2. The number of nitrogens with one attached hydrogen (secondary N) is 1. The van der Waals surface area contributed by atoms with Crippen LogP contribution in [0.1, 0.15) is 38.9 Å². The van der Waals surface area contributed by atoms with Crippen molar-refractivity contribution in [1.82, 2.24) is 14.9 Å². The van der Waals surface area contributed by atoms with E-state index >= 15 is 0 Å². The first kappa shape index (κ1) is 21.4. The van der Waals surface area contributed by atoms with Crippen LogP contribution in [-0.2, 0) is 16.2 Å². The summed E-state index contributed by atoms with van der Waals surface area (Å²) < 4.78 is 12.9. The Kier molecular flexibility index (Phi) is 7.88. The highest BCUT2D eigenvalue weighted by atomic mass is 28.3. The van der Waals surface area contributed by atoms with Crippen LogP contribution < -0.4 is 5.32 Å². The summed E-state index contributed by atoms with van der Waals surface area (Å²) in [6.45, 7) is 17.5. The average molecular weight is 368 g/mol. The van der Waals surface area contributed by atoms with Crippen molar-refractivity contribution in [1.29, 1.82) is 0 Å². The molecule has 1 N–H and O–H groups in total. The van der Waals surface area contributed by atoms with Gasteiger partial charge in [-0.25, -0.2) is 9.78 Å². The number of carbonyl (C=O) groups is 1. The maximum atomic E-state index is 12.0. The molecule has 0 fully saturated rings. The van der Waals surface area contributed by atoms with Gasteiger partial charge in [-0.2, -0.15) is 0 Å². The molecule has 0 saturated carbocycles. The molecule has 1 amide bonds. The van der Waals surface area contributed by atoms with Crippen LogP contribution in [0, 0.1) is 0 Å². The Hall–Kier alpha value is -1.60. The topological polar surface area (TPSA) is 65.4 Å². The lowest BCUT2D eigenvalue weighted by molar-refractivity contribution is 0.0503. The Morgan fingerprint density at radius 3 is 2.68 bits per heavy atom. The van der Waals surface area contributed by atoms with Crippen molar-refractivity contribution in [3.8, 4) is 0 Å². The largest absolute Gasteiger partial charge is 0.444 e. The number of imidazole rings is 1. The Morgan fingerprint density at radius 1 is 1.44 bits per heavy atom. The average Bonchev–Trinajstić information content (AvgIpc) is 2.89. The first-order valence-electron chi connectivity index (χ1n) is 8.70. The summed E-state index contributed by atoms with van der Waals surface area (Å²) in [7, 11) is -1.08. The summed E-state index contributed by atoms with van der Waals surface area (Å²) in [5.74, 6) is 0. The molecule has 0 spiro atoms. The van der Waals surface area contributed by atoms with Gasteiger partial charge in [-0.1, -0.05) is 25.7 Å². The first-order chi connectivity index (χ1) is 11.5. The van der Waals surface area contributed by atoms with E-state index in [1.165, 1.54) is 0 Å². The summed E-state index contributed by atoms with van der Waals surface area (Å²) >= 11 is 0. The van der Waals surface area contributed by atoms with E-state index in [4.69, 9.17) is 9.47 Å². The number of hydrogen-bond donors (Lipinski definition) is 1. The number of rotatable bonds is 9. The van der Waals surface area contributed by atoms with Crippen LogP contribution in [0.4, 0.5) is 4.79 Å². The predicted octanol–water partition coefficient (Wildman–Crippen LogP) is 4.34. The second-order valence-electron chi connectivity index (χ2n) is 8.38. The van der Waals surface area contributed by atoms with E-state index in [9.17, 15) is 4.79 Å². The maximum Gasteiger partial charge on any atom is 0.408 e. The second-order valence-corrected chi connectivity index (χ2v) is 14.0. The summed E-state index contributed by atoms with van der Waals surface area (Å²) in [6.07, 6.45) is 5.48. The van der Waals surface area contributed by atoms with Gasteiger partial charge in [0.2, 0.25) is 0 Å². The molecule has 0 radical (unpaired) electrons. The monoisotopic (exact) mass is 367 g/mol. The molecule has 1 heterocycles. The van der Waals surface area contributed by atoms with Gasteiger partial charge in [-0.3, -0.25) is 0 Å².